The van der Waals surface area contributed by atoms with Gasteiger partial charge < -0.3 is 10.4 Å². The number of anilines is 1. The van der Waals surface area contributed by atoms with Crippen molar-refractivity contribution in [1.82, 2.24) is 14.8 Å². The summed E-state index contributed by atoms with van der Waals surface area (Å²) in [6.45, 7) is 0.694. The summed E-state index contributed by atoms with van der Waals surface area (Å²) in [6, 6.07) is 4.20. The molecule has 0 amide bonds. The number of nitrogens with one attached hydrogen (secondary N) is 1. The van der Waals surface area contributed by atoms with Gasteiger partial charge in [-0.3, -0.25) is 4.68 Å². The number of nitrogens with zero attached hydrogens (tertiary/aromatic N) is 3. The molecule has 1 atom stereocenters. The first-order valence-corrected chi connectivity index (χ1v) is 7.61. The van der Waals surface area contributed by atoms with Crippen molar-refractivity contribution in [2.24, 2.45) is 0 Å². The van der Waals surface area contributed by atoms with Gasteiger partial charge in [0.2, 0.25) is 0 Å². The summed E-state index contributed by atoms with van der Waals surface area (Å²) in [7, 11) is 0. The molecule has 2 aromatic heterocycles. The third kappa shape index (κ3) is 2.71. The van der Waals surface area contributed by atoms with Gasteiger partial charge in [-0.05, 0) is 47.3 Å². The molecule has 0 bridgehead atoms. The third-order valence-corrected chi connectivity index (χ3v) is 4.09. The lowest BCUT2D eigenvalue weighted by atomic mass is 9.93. The molecular weight excluding hydrogens is 320 g/mol. The van der Waals surface area contributed by atoms with Gasteiger partial charge >= 0.3 is 0 Å². The summed E-state index contributed by atoms with van der Waals surface area (Å²) in [5, 5.41) is 16.9. The Morgan fingerprint density at radius 1 is 1.40 bits per heavy atom. The zero-order valence-corrected chi connectivity index (χ0v) is 12.7. The van der Waals surface area contributed by atoms with E-state index in [1.165, 1.54) is 11.3 Å². The number of aliphatic hydroxyl groups is 1. The molecule has 5 nitrogen and oxygen atoms in total. The largest absolute Gasteiger partial charge is 0.394 e. The van der Waals surface area contributed by atoms with Gasteiger partial charge in [-0.2, -0.15) is 5.10 Å². The van der Waals surface area contributed by atoms with Crippen LogP contribution in [0, 0.1) is 0 Å². The third-order valence-electron chi connectivity index (χ3n) is 3.62. The van der Waals surface area contributed by atoms with Crippen LogP contribution in [-0.4, -0.2) is 26.5 Å². The van der Waals surface area contributed by atoms with Crippen molar-refractivity contribution in [3.8, 4) is 0 Å². The van der Waals surface area contributed by atoms with Crippen LogP contribution in [0.2, 0.25) is 0 Å². The van der Waals surface area contributed by atoms with Crippen molar-refractivity contribution in [3.05, 3.63) is 40.3 Å². The molecule has 0 unspecified atom stereocenters. The topological polar surface area (TPSA) is 63.0 Å². The number of aliphatic hydroxyl groups excluding tert-OH is 1. The predicted octanol–water partition coefficient (Wildman–Crippen LogP) is 2.52. The highest BCUT2D eigenvalue weighted by atomic mass is 79.9. The van der Waals surface area contributed by atoms with Crippen LogP contribution in [0.25, 0.3) is 0 Å². The van der Waals surface area contributed by atoms with E-state index < -0.39 is 0 Å². The second kappa shape index (κ2) is 5.93. The molecule has 2 heterocycles. The summed E-state index contributed by atoms with van der Waals surface area (Å²) in [5.74, 6) is 0.876. The van der Waals surface area contributed by atoms with Crippen LogP contribution in [0.5, 0.6) is 0 Å². The standard InChI is InChI=1S/C14H17BrN4O/c15-10-4-5-14(16-8-10)18-12-2-1-3-13-11(12)9-17-19(13)6-7-20/h4-5,8-9,12,20H,1-3,6-7H2,(H,16,18)/t12-/m0/s1. The Morgan fingerprint density at radius 2 is 2.30 bits per heavy atom. The lowest BCUT2D eigenvalue weighted by Crippen LogP contribution is -2.19. The second-order valence-corrected chi connectivity index (χ2v) is 5.86. The van der Waals surface area contributed by atoms with Crippen LogP contribution < -0.4 is 5.32 Å². The maximum Gasteiger partial charge on any atom is 0.126 e. The number of halogens is 1. The number of aromatic nitrogens is 3. The first kappa shape index (κ1) is 13.6. The number of rotatable bonds is 4. The first-order valence-electron chi connectivity index (χ1n) is 6.81. The quantitative estimate of drug-likeness (QED) is 0.900. The van der Waals surface area contributed by atoms with E-state index in [9.17, 15) is 0 Å². The number of fused-ring (bicyclic) bond motifs is 1. The molecule has 6 heteroatoms. The predicted molar refractivity (Wildman–Crippen MR) is 80.6 cm³/mol. The number of hydrogen-bond donors (Lipinski definition) is 2. The summed E-state index contributed by atoms with van der Waals surface area (Å²) >= 11 is 3.39. The van der Waals surface area contributed by atoms with Crippen molar-refractivity contribution in [1.29, 1.82) is 0 Å². The number of pyridine rings is 1. The molecule has 1 aliphatic rings. The summed E-state index contributed by atoms with van der Waals surface area (Å²) in [4.78, 5) is 4.36. The van der Waals surface area contributed by atoms with Gasteiger partial charge in [0, 0.05) is 21.9 Å². The fourth-order valence-electron chi connectivity index (χ4n) is 2.70. The maximum absolute atomic E-state index is 9.08. The Labute approximate surface area is 126 Å². The molecule has 0 spiro atoms. The molecule has 0 aliphatic heterocycles. The molecule has 106 valence electrons. The van der Waals surface area contributed by atoms with Crippen LogP contribution in [0.15, 0.2) is 29.0 Å². The van der Waals surface area contributed by atoms with E-state index in [0.717, 1.165) is 29.6 Å². The molecule has 0 saturated heterocycles. The zero-order valence-electron chi connectivity index (χ0n) is 11.1. The van der Waals surface area contributed by atoms with Gasteiger partial charge in [-0.25, -0.2) is 4.98 Å². The van der Waals surface area contributed by atoms with Gasteiger partial charge in [-0.1, -0.05) is 0 Å². The van der Waals surface area contributed by atoms with Crippen molar-refractivity contribution in [2.75, 3.05) is 11.9 Å². The molecular formula is C14H17BrN4O. The minimum absolute atomic E-state index is 0.125. The van der Waals surface area contributed by atoms with Gasteiger partial charge in [-0.15, -0.1) is 0 Å². The molecule has 0 aromatic carbocycles. The summed E-state index contributed by atoms with van der Waals surface area (Å²) in [5.41, 5.74) is 2.47. The van der Waals surface area contributed by atoms with E-state index in [4.69, 9.17) is 5.11 Å². The lowest BCUT2D eigenvalue weighted by Gasteiger charge is -2.24. The van der Waals surface area contributed by atoms with E-state index >= 15 is 0 Å². The van der Waals surface area contributed by atoms with Crippen LogP contribution in [0.3, 0.4) is 0 Å². The second-order valence-electron chi connectivity index (χ2n) is 4.94. The smallest absolute Gasteiger partial charge is 0.126 e. The highest BCUT2D eigenvalue weighted by Crippen LogP contribution is 2.32. The van der Waals surface area contributed by atoms with Crippen LogP contribution in [0.4, 0.5) is 5.82 Å². The lowest BCUT2D eigenvalue weighted by molar-refractivity contribution is 0.266. The van der Waals surface area contributed by atoms with E-state index in [2.05, 4.69) is 31.3 Å². The van der Waals surface area contributed by atoms with Crippen LogP contribution >= 0.6 is 15.9 Å². The molecule has 0 saturated carbocycles. The Morgan fingerprint density at radius 3 is 3.05 bits per heavy atom. The highest BCUT2D eigenvalue weighted by Gasteiger charge is 2.24. The Kier molecular flexibility index (Phi) is 4.03. The summed E-state index contributed by atoms with van der Waals surface area (Å²) in [6.07, 6.45) is 6.94. The minimum Gasteiger partial charge on any atom is -0.394 e. The van der Waals surface area contributed by atoms with Crippen LogP contribution in [0.1, 0.15) is 30.1 Å². The van der Waals surface area contributed by atoms with E-state index in [1.54, 1.807) is 6.20 Å². The van der Waals surface area contributed by atoms with Crippen molar-refractivity contribution in [2.45, 2.75) is 31.8 Å². The Balaban J connectivity index is 1.81. The average molecular weight is 337 g/mol. The fourth-order valence-corrected chi connectivity index (χ4v) is 2.93. The van der Waals surface area contributed by atoms with Crippen molar-refractivity contribution < 1.29 is 5.11 Å². The van der Waals surface area contributed by atoms with Crippen molar-refractivity contribution in [3.63, 3.8) is 0 Å². The monoisotopic (exact) mass is 336 g/mol. The van der Waals surface area contributed by atoms with Gasteiger partial charge in [0.25, 0.3) is 0 Å². The molecule has 0 fully saturated rings. The van der Waals surface area contributed by atoms with E-state index in [0.29, 0.717) is 6.54 Å². The molecule has 2 aromatic rings. The first-order chi connectivity index (χ1) is 9.78. The normalized spacial score (nSPS) is 17.8. The molecule has 0 radical (unpaired) electrons. The van der Waals surface area contributed by atoms with E-state index in [-0.39, 0.29) is 12.6 Å². The average Bonchev–Trinajstić information content (AvgIpc) is 2.86. The Bertz CT molecular complexity index is 581. The van der Waals surface area contributed by atoms with Gasteiger partial charge in [0.1, 0.15) is 5.82 Å². The Hall–Kier alpha value is -1.40. The highest BCUT2D eigenvalue weighted by molar-refractivity contribution is 9.10. The van der Waals surface area contributed by atoms with Crippen molar-refractivity contribution >= 4 is 21.7 Å². The fraction of sp³-hybridized carbons (Fsp3) is 0.429. The minimum atomic E-state index is 0.125. The maximum atomic E-state index is 9.08. The molecule has 20 heavy (non-hydrogen) atoms. The van der Waals surface area contributed by atoms with Gasteiger partial charge in [0.15, 0.2) is 0 Å². The van der Waals surface area contributed by atoms with E-state index in [1.807, 2.05) is 23.0 Å². The van der Waals surface area contributed by atoms with Crippen LogP contribution in [-0.2, 0) is 13.0 Å². The zero-order chi connectivity index (χ0) is 13.9. The molecule has 1 aliphatic carbocycles. The summed E-state index contributed by atoms with van der Waals surface area (Å²) < 4.78 is 2.89. The molecule has 2 N–H and O–H groups in total. The van der Waals surface area contributed by atoms with Gasteiger partial charge in [0.05, 0.1) is 25.4 Å². The SMILES string of the molecule is OCCn1ncc2c1CCC[C@@H]2Nc1ccc(Br)cn1. The number of hydrogen-bond acceptors (Lipinski definition) is 4. The molecule has 3 rings (SSSR count).